The molecule has 1 unspecified atom stereocenters. The average Bonchev–Trinajstić information content (AvgIpc) is 3.27. The number of hydrogen-bond acceptors (Lipinski definition) is 6. The fourth-order valence-electron chi connectivity index (χ4n) is 6.48. The summed E-state index contributed by atoms with van der Waals surface area (Å²) < 4.78 is 16.7. The van der Waals surface area contributed by atoms with Gasteiger partial charge in [-0.2, -0.15) is 0 Å². The molecule has 0 radical (unpaired) electrons. The van der Waals surface area contributed by atoms with Crippen LogP contribution >= 0.6 is 0 Å². The van der Waals surface area contributed by atoms with E-state index >= 15 is 0 Å². The van der Waals surface area contributed by atoms with Gasteiger partial charge < -0.3 is 14.2 Å². The smallest absolute Gasteiger partial charge is 0.306 e. The van der Waals surface area contributed by atoms with Crippen LogP contribution in [0, 0.1) is 0 Å². The number of carbonyl (C=O) groups excluding carboxylic acids is 3. The molecule has 0 saturated carbocycles. The Morgan fingerprint density at radius 1 is 0.339 bits per heavy atom. The van der Waals surface area contributed by atoms with E-state index in [9.17, 15) is 14.4 Å². The zero-order valence-corrected chi connectivity index (χ0v) is 39.8. The summed E-state index contributed by atoms with van der Waals surface area (Å²) in [6.07, 6.45) is 66.3. The highest BCUT2D eigenvalue weighted by atomic mass is 16.6. The number of rotatable bonds is 43. The Bertz CT molecular complexity index is 1310. The lowest BCUT2D eigenvalue weighted by Crippen LogP contribution is -2.30. The van der Waals surface area contributed by atoms with Gasteiger partial charge in [-0.1, -0.05) is 239 Å². The van der Waals surface area contributed by atoms with E-state index in [1.807, 2.05) is 54.7 Å². The first-order valence-corrected chi connectivity index (χ1v) is 25.0. The standard InChI is InChI=1S/C56H90O6/c1-4-7-10-13-16-19-22-24-26-27-28-30-31-34-37-40-43-46-49-55(58)61-52-53(51-60-54(57)48-45-42-39-36-33-21-18-15-12-9-6-3)62-56(59)50-47-44-41-38-35-32-29-25-23-20-17-14-11-8-5-2/h8,10-11,13-14,16-17,19-20,22-30,53H,4-7,9,12,15,18,21,31-52H2,1-3H3/b11-8-,13-10-,17-14-,19-16-,23-20-,24-22-,27-26-,29-25-,30-28-. The number of ether oxygens (including phenoxy) is 3. The summed E-state index contributed by atoms with van der Waals surface area (Å²) in [5, 5.41) is 0. The quantitative estimate of drug-likeness (QED) is 0.0263. The van der Waals surface area contributed by atoms with Crippen molar-refractivity contribution in [1.82, 2.24) is 0 Å². The molecule has 0 aromatic carbocycles. The molecule has 0 aliphatic rings. The second kappa shape index (κ2) is 49.7. The van der Waals surface area contributed by atoms with Gasteiger partial charge in [0.1, 0.15) is 13.2 Å². The summed E-state index contributed by atoms with van der Waals surface area (Å²) in [4.78, 5) is 37.9. The molecule has 0 heterocycles. The zero-order chi connectivity index (χ0) is 45.1. The van der Waals surface area contributed by atoms with E-state index in [1.165, 1.54) is 57.8 Å². The van der Waals surface area contributed by atoms with Gasteiger partial charge in [-0.3, -0.25) is 14.4 Å². The van der Waals surface area contributed by atoms with Crippen LogP contribution in [0.1, 0.15) is 207 Å². The Morgan fingerprint density at radius 3 is 1.05 bits per heavy atom. The molecular weight excluding hydrogens is 769 g/mol. The van der Waals surface area contributed by atoms with E-state index < -0.39 is 6.10 Å². The van der Waals surface area contributed by atoms with Crippen LogP contribution in [0.15, 0.2) is 109 Å². The predicted molar refractivity (Wildman–Crippen MR) is 265 cm³/mol. The summed E-state index contributed by atoms with van der Waals surface area (Å²) in [7, 11) is 0. The predicted octanol–water partition coefficient (Wildman–Crippen LogP) is 16.4. The van der Waals surface area contributed by atoms with Crippen molar-refractivity contribution in [1.29, 1.82) is 0 Å². The monoisotopic (exact) mass is 859 g/mol. The molecule has 0 N–H and O–H groups in total. The molecule has 350 valence electrons. The minimum atomic E-state index is -0.801. The lowest BCUT2D eigenvalue weighted by molar-refractivity contribution is -0.167. The third-order valence-corrected chi connectivity index (χ3v) is 10.2. The molecule has 0 saturated heterocycles. The van der Waals surface area contributed by atoms with Crippen LogP contribution in [0.25, 0.3) is 0 Å². The minimum absolute atomic E-state index is 0.0971. The Kier molecular flexibility index (Phi) is 46.6. The molecule has 6 nitrogen and oxygen atoms in total. The van der Waals surface area contributed by atoms with Gasteiger partial charge >= 0.3 is 17.9 Å². The van der Waals surface area contributed by atoms with E-state index in [0.717, 1.165) is 109 Å². The van der Waals surface area contributed by atoms with Crippen LogP contribution in [0.2, 0.25) is 0 Å². The summed E-state index contributed by atoms with van der Waals surface area (Å²) in [6.45, 7) is 6.35. The summed E-state index contributed by atoms with van der Waals surface area (Å²) in [6, 6.07) is 0. The van der Waals surface area contributed by atoms with E-state index in [-0.39, 0.29) is 31.1 Å². The Hall–Kier alpha value is -3.93. The molecule has 1 atom stereocenters. The van der Waals surface area contributed by atoms with Crippen LogP contribution in [0.4, 0.5) is 0 Å². The minimum Gasteiger partial charge on any atom is -0.462 e. The van der Waals surface area contributed by atoms with E-state index in [0.29, 0.717) is 19.3 Å². The molecule has 0 amide bonds. The second-order valence-electron chi connectivity index (χ2n) is 16.2. The van der Waals surface area contributed by atoms with Crippen molar-refractivity contribution in [2.45, 2.75) is 213 Å². The van der Waals surface area contributed by atoms with Gasteiger partial charge in [0.15, 0.2) is 6.10 Å². The zero-order valence-electron chi connectivity index (χ0n) is 39.8. The van der Waals surface area contributed by atoms with Crippen molar-refractivity contribution in [2.75, 3.05) is 13.2 Å². The molecule has 0 rings (SSSR count). The maximum absolute atomic E-state index is 12.8. The Balaban J connectivity index is 4.49. The fraction of sp³-hybridized carbons (Fsp3) is 0.625. The molecule has 0 aliphatic carbocycles. The van der Waals surface area contributed by atoms with Crippen molar-refractivity contribution < 1.29 is 28.6 Å². The summed E-state index contributed by atoms with van der Waals surface area (Å²) >= 11 is 0. The fourth-order valence-corrected chi connectivity index (χ4v) is 6.48. The number of unbranched alkanes of at least 4 members (excludes halogenated alkanes) is 21. The lowest BCUT2D eigenvalue weighted by Gasteiger charge is -2.18. The van der Waals surface area contributed by atoms with Crippen LogP contribution in [-0.4, -0.2) is 37.2 Å². The number of carbonyl (C=O) groups is 3. The molecule has 0 fully saturated rings. The number of esters is 3. The molecule has 0 aliphatic heterocycles. The van der Waals surface area contributed by atoms with Crippen molar-refractivity contribution in [3.63, 3.8) is 0 Å². The van der Waals surface area contributed by atoms with Crippen LogP contribution < -0.4 is 0 Å². The van der Waals surface area contributed by atoms with Gasteiger partial charge in [0.2, 0.25) is 0 Å². The second-order valence-corrected chi connectivity index (χ2v) is 16.2. The van der Waals surface area contributed by atoms with Gasteiger partial charge in [-0.05, 0) is 57.8 Å². The Labute approximate surface area is 380 Å². The molecule has 0 bridgehead atoms. The van der Waals surface area contributed by atoms with Crippen LogP contribution in [0.5, 0.6) is 0 Å². The summed E-state index contributed by atoms with van der Waals surface area (Å²) in [5.74, 6) is -0.953. The lowest BCUT2D eigenvalue weighted by atomic mass is 10.1. The van der Waals surface area contributed by atoms with Gasteiger partial charge in [-0.25, -0.2) is 0 Å². The van der Waals surface area contributed by atoms with E-state index in [1.54, 1.807) is 0 Å². The van der Waals surface area contributed by atoms with Gasteiger partial charge in [0.05, 0.1) is 0 Å². The van der Waals surface area contributed by atoms with E-state index in [2.05, 4.69) is 75.5 Å². The topological polar surface area (TPSA) is 78.9 Å². The SMILES string of the molecule is CC\C=C/C=C\C=C/C=C\CCCCCCCC(=O)OC(COC(=O)CCCCCCC\C=C/C=C\C=C/C=C\C=C/CCC)COC(=O)CCCCCCCCCCCCC. The maximum atomic E-state index is 12.8. The number of allylic oxidation sites excluding steroid dienone is 18. The first-order valence-electron chi connectivity index (χ1n) is 25.0. The third kappa shape index (κ3) is 47.1. The molecule has 6 heteroatoms. The average molecular weight is 859 g/mol. The largest absolute Gasteiger partial charge is 0.462 e. The molecule has 0 aromatic heterocycles. The van der Waals surface area contributed by atoms with Crippen molar-refractivity contribution in [3.05, 3.63) is 109 Å². The normalized spacial score (nSPS) is 13.0. The summed E-state index contributed by atoms with van der Waals surface area (Å²) in [5.41, 5.74) is 0. The van der Waals surface area contributed by atoms with Gasteiger partial charge in [0, 0.05) is 19.3 Å². The van der Waals surface area contributed by atoms with Gasteiger partial charge in [-0.15, -0.1) is 0 Å². The maximum Gasteiger partial charge on any atom is 0.306 e. The molecular formula is C56H90O6. The first-order chi connectivity index (χ1) is 30.5. The first kappa shape index (κ1) is 58.1. The van der Waals surface area contributed by atoms with Gasteiger partial charge in [0.25, 0.3) is 0 Å². The highest BCUT2D eigenvalue weighted by molar-refractivity contribution is 5.71. The molecule has 0 aromatic rings. The van der Waals surface area contributed by atoms with Crippen molar-refractivity contribution in [2.24, 2.45) is 0 Å². The van der Waals surface area contributed by atoms with Crippen molar-refractivity contribution >= 4 is 17.9 Å². The Morgan fingerprint density at radius 2 is 0.661 bits per heavy atom. The number of hydrogen-bond donors (Lipinski definition) is 0. The molecule has 0 spiro atoms. The van der Waals surface area contributed by atoms with Crippen molar-refractivity contribution in [3.8, 4) is 0 Å². The highest BCUT2D eigenvalue weighted by Gasteiger charge is 2.19. The third-order valence-electron chi connectivity index (χ3n) is 10.2. The van der Waals surface area contributed by atoms with E-state index in [4.69, 9.17) is 14.2 Å². The van der Waals surface area contributed by atoms with Crippen LogP contribution in [-0.2, 0) is 28.6 Å². The van der Waals surface area contributed by atoms with Crippen LogP contribution in [0.3, 0.4) is 0 Å². The highest BCUT2D eigenvalue weighted by Crippen LogP contribution is 2.14. The molecule has 62 heavy (non-hydrogen) atoms.